The Labute approximate surface area is 243 Å². The van der Waals surface area contributed by atoms with Crippen molar-refractivity contribution in [2.24, 2.45) is 5.92 Å². The van der Waals surface area contributed by atoms with Crippen LogP contribution in [0.25, 0.3) is 22.3 Å². The standard InChI is InChI=1S/C36H43F3O2/c1-3-5-7-8-9-10-11-23-40-34-22-20-30(35(38)36(34)39)28-16-14-27(15-17-28)29-18-19-31(32(37)24-29)33-21-13-26(25-41-33)12-6-4-2/h4,14-20,22,24,26,33H,2-3,5-13,21,23,25H2,1H3. The van der Waals surface area contributed by atoms with Crippen molar-refractivity contribution in [2.75, 3.05) is 13.2 Å². The lowest BCUT2D eigenvalue weighted by Crippen LogP contribution is -2.21. The van der Waals surface area contributed by atoms with Crippen molar-refractivity contribution in [3.8, 4) is 28.0 Å². The summed E-state index contributed by atoms with van der Waals surface area (Å²) >= 11 is 0. The summed E-state index contributed by atoms with van der Waals surface area (Å²) in [6, 6.07) is 15.3. The van der Waals surface area contributed by atoms with E-state index in [1.807, 2.05) is 12.1 Å². The molecule has 1 aliphatic heterocycles. The minimum atomic E-state index is -0.968. The SMILES string of the molecule is C=CCCC1CCC(c2ccc(-c3ccc(-c4ccc(OCCCCCCCCC)c(F)c4F)cc3)cc2F)OC1. The van der Waals surface area contributed by atoms with Crippen LogP contribution in [-0.2, 0) is 4.74 Å². The van der Waals surface area contributed by atoms with E-state index in [1.54, 1.807) is 36.4 Å². The Morgan fingerprint density at radius 2 is 1.54 bits per heavy atom. The lowest BCUT2D eigenvalue weighted by atomic mass is 9.90. The number of hydrogen-bond acceptors (Lipinski definition) is 2. The number of allylic oxidation sites excluding steroid dienone is 1. The maximum Gasteiger partial charge on any atom is 0.201 e. The van der Waals surface area contributed by atoms with Gasteiger partial charge >= 0.3 is 0 Å². The first-order valence-corrected chi connectivity index (χ1v) is 15.2. The number of hydrogen-bond donors (Lipinski definition) is 0. The van der Waals surface area contributed by atoms with Crippen LogP contribution >= 0.6 is 0 Å². The van der Waals surface area contributed by atoms with Crippen molar-refractivity contribution in [3.63, 3.8) is 0 Å². The molecule has 0 radical (unpaired) electrons. The number of unbranched alkanes of at least 4 members (excludes halogenated alkanes) is 6. The summed E-state index contributed by atoms with van der Waals surface area (Å²) in [5.74, 6) is -1.74. The average Bonchev–Trinajstić information content (AvgIpc) is 3.00. The third kappa shape index (κ3) is 8.48. The van der Waals surface area contributed by atoms with Gasteiger partial charge in [0, 0.05) is 11.1 Å². The summed E-state index contributed by atoms with van der Waals surface area (Å²) < 4.78 is 56.3. The summed E-state index contributed by atoms with van der Waals surface area (Å²) in [6.45, 7) is 6.98. The lowest BCUT2D eigenvalue weighted by Gasteiger charge is -2.29. The van der Waals surface area contributed by atoms with Gasteiger partial charge in [-0.3, -0.25) is 0 Å². The first-order valence-electron chi connectivity index (χ1n) is 15.2. The zero-order chi connectivity index (χ0) is 29.0. The van der Waals surface area contributed by atoms with E-state index in [0.717, 1.165) is 56.1 Å². The second-order valence-corrected chi connectivity index (χ2v) is 11.2. The monoisotopic (exact) mass is 564 g/mol. The first kappa shape index (κ1) is 30.9. The predicted molar refractivity (Wildman–Crippen MR) is 162 cm³/mol. The van der Waals surface area contributed by atoms with E-state index in [9.17, 15) is 8.78 Å². The van der Waals surface area contributed by atoms with E-state index in [2.05, 4.69) is 13.5 Å². The van der Waals surface area contributed by atoms with Crippen molar-refractivity contribution < 1.29 is 22.6 Å². The fourth-order valence-electron chi connectivity index (χ4n) is 5.55. The second-order valence-electron chi connectivity index (χ2n) is 11.2. The smallest absolute Gasteiger partial charge is 0.201 e. The molecule has 0 amide bonds. The molecule has 2 unspecified atom stereocenters. The van der Waals surface area contributed by atoms with Gasteiger partial charge in [-0.05, 0) is 72.9 Å². The fourth-order valence-corrected chi connectivity index (χ4v) is 5.55. The normalized spacial score (nSPS) is 17.0. The minimum Gasteiger partial charge on any atom is -0.490 e. The molecule has 1 heterocycles. The van der Waals surface area contributed by atoms with E-state index in [-0.39, 0.29) is 23.2 Å². The van der Waals surface area contributed by atoms with Gasteiger partial charge in [-0.25, -0.2) is 8.78 Å². The molecule has 0 spiro atoms. The highest BCUT2D eigenvalue weighted by molar-refractivity contribution is 5.71. The molecule has 3 aromatic carbocycles. The van der Waals surface area contributed by atoms with E-state index in [4.69, 9.17) is 9.47 Å². The van der Waals surface area contributed by atoms with Crippen molar-refractivity contribution in [1.82, 2.24) is 0 Å². The molecular formula is C36H43F3O2. The topological polar surface area (TPSA) is 18.5 Å². The molecule has 5 heteroatoms. The Bertz CT molecular complexity index is 1250. The molecule has 2 atom stereocenters. The van der Waals surface area contributed by atoms with Gasteiger partial charge in [0.15, 0.2) is 11.6 Å². The van der Waals surface area contributed by atoms with Gasteiger partial charge < -0.3 is 9.47 Å². The number of rotatable bonds is 15. The molecule has 0 aliphatic carbocycles. The zero-order valence-electron chi connectivity index (χ0n) is 24.3. The Balaban J connectivity index is 1.34. The van der Waals surface area contributed by atoms with Gasteiger partial charge in [0.05, 0.1) is 19.3 Å². The summed E-state index contributed by atoms with van der Waals surface area (Å²) in [4.78, 5) is 0. The molecule has 41 heavy (non-hydrogen) atoms. The zero-order valence-corrected chi connectivity index (χ0v) is 24.3. The molecule has 1 fully saturated rings. The van der Waals surface area contributed by atoms with Crippen LogP contribution in [0.4, 0.5) is 13.2 Å². The Hall–Kier alpha value is -3.05. The van der Waals surface area contributed by atoms with Crippen LogP contribution in [0.15, 0.2) is 67.3 Å². The quantitative estimate of drug-likeness (QED) is 0.135. The second kappa shape index (κ2) is 15.8. The Kier molecular flexibility index (Phi) is 11.9. The Morgan fingerprint density at radius 1 is 0.829 bits per heavy atom. The predicted octanol–water partition coefficient (Wildman–Crippen LogP) is 11.0. The van der Waals surface area contributed by atoms with E-state index in [1.165, 1.54) is 37.8 Å². The summed E-state index contributed by atoms with van der Waals surface area (Å²) in [7, 11) is 0. The fraction of sp³-hybridized carbons (Fsp3) is 0.444. The largest absolute Gasteiger partial charge is 0.490 e. The van der Waals surface area contributed by atoms with Crippen LogP contribution in [0, 0.1) is 23.4 Å². The first-order chi connectivity index (χ1) is 20.0. The molecule has 3 aromatic rings. The molecule has 4 rings (SSSR count). The molecule has 2 nitrogen and oxygen atoms in total. The molecular weight excluding hydrogens is 521 g/mol. The molecule has 0 aromatic heterocycles. The molecule has 0 N–H and O–H groups in total. The van der Waals surface area contributed by atoms with Crippen LogP contribution in [0.2, 0.25) is 0 Å². The number of ether oxygens (including phenoxy) is 2. The third-order valence-electron chi connectivity index (χ3n) is 8.08. The van der Waals surface area contributed by atoms with Crippen molar-refractivity contribution in [1.29, 1.82) is 0 Å². The molecule has 220 valence electrons. The third-order valence-corrected chi connectivity index (χ3v) is 8.08. The van der Waals surface area contributed by atoms with Gasteiger partial charge in [-0.15, -0.1) is 6.58 Å². The molecule has 1 aliphatic rings. The van der Waals surface area contributed by atoms with Crippen molar-refractivity contribution >= 4 is 0 Å². The molecule has 0 saturated carbocycles. The maximum absolute atomic E-state index is 15.1. The van der Waals surface area contributed by atoms with Gasteiger partial charge in [-0.2, -0.15) is 4.39 Å². The lowest BCUT2D eigenvalue weighted by molar-refractivity contribution is -0.0207. The van der Waals surface area contributed by atoms with Crippen molar-refractivity contribution in [2.45, 2.75) is 83.7 Å². The van der Waals surface area contributed by atoms with Crippen LogP contribution < -0.4 is 4.74 Å². The van der Waals surface area contributed by atoms with E-state index < -0.39 is 11.6 Å². The van der Waals surface area contributed by atoms with Gasteiger partial charge in [0.25, 0.3) is 0 Å². The highest BCUT2D eigenvalue weighted by Crippen LogP contribution is 2.36. The highest BCUT2D eigenvalue weighted by atomic mass is 19.2. The van der Waals surface area contributed by atoms with Crippen LogP contribution in [0.1, 0.15) is 89.2 Å². The Morgan fingerprint density at radius 3 is 2.22 bits per heavy atom. The van der Waals surface area contributed by atoms with Crippen LogP contribution in [0.5, 0.6) is 5.75 Å². The number of halogens is 3. The van der Waals surface area contributed by atoms with Crippen LogP contribution in [-0.4, -0.2) is 13.2 Å². The van der Waals surface area contributed by atoms with E-state index in [0.29, 0.717) is 30.3 Å². The summed E-state index contributed by atoms with van der Waals surface area (Å²) in [5.41, 5.74) is 2.81. The van der Waals surface area contributed by atoms with Crippen molar-refractivity contribution in [3.05, 3.63) is 90.3 Å². The van der Waals surface area contributed by atoms with Gasteiger partial charge in [-0.1, -0.05) is 87.9 Å². The number of benzene rings is 3. The summed E-state index contributed by atoms with van der Waals surface area (Å²) in [5, 5.41) is 0. The average molecular weight is 565 g/mol. The molecule has 1 saturated heterocycles. The maximum atomic E-state index is 15.1. The van der Waals surface area contributed by atoms with E-state index >= 15 is 4.39 Å². The molecule has 0 bridgehead atoms. The minimum absolute atomic E-state index is 0.0568. The summed E-state index contributed by atoms with van der Waals surface area (Å²) in [6.07, 6.45) is 13.5. The van der Waals surface area contributed by atoms with Crippen LogP contribution in [0.3, 0.4) is 0 Å². The van der Waals surface area contributed by atoms with Gasteiger partial charge in [0.2, 0.25) is 5.82 Å². The van der Waals surface area contributed by atoms with Gasteiger partial charge in [0.1, 0.15) is 5.82 Å². The highest BCUT2D eigenvalue weighted by Gasteiger charge is 2.25.